The van der Waals surface area contributed by atoms with Gasteiger partial charge in [-0.1, -0.05) is 11.6 Å². The molecular weight excluding hydrogens is 410 g/mol. The number of hydrogen-bond donors (Lipinski definition) is 1. The summed E-state index contributed by atoms with van der Waals surface area (Å²) >= 11 is 7.29. The second kappa shape index (κ2) is 8.47. The standard InChI is InChI=1S/C21H20ClN3O3S/c22-15-4-6-16(7-5-15)23-19(26)12-25-17-11-14(21(28)24-9-1-2-10-24)3-8-18(17)29-13-20(25)27/h3-8,11H,1-2,9-10,12-13H2,(H,23,26). The van der Waals surface area contributed by atoms with E-state index in [-0.39, 0.29) is 30.0 Å². The Kier molecular flexibility index (Phi) is 5.78. The summed E-state index contributed by atoms with van der Waals surface area (Å²) in [7, 11) is 0. The van der Waals surface area contributed by atoms with Crippen LogP contribution in [0, 0.1) is 0 Å². The fraction of sp³-hybridized carbons (Fsp3) is 0.286. The number of fused-ring (bicyclic) bond motifs is 1. The number of nitrogens with zero attached hydrogens (tertiary/aromatic N) is 2. The number of amides is 3. The number of halogens is 1. The van der Waals surface area contributed by atoms with E-state index in [0.29, 0.717) is 22.0 Å². The molecule has 1 N–H and O–H groups in total. The highest BCUT2D eigenvalue weighted by Crippen LogP contribution is 2.36. The van der Waals surface area contributed by atoms with Crippen LogP contribution in [0.4, 0.5) is 11.4 Å². The van der Waals surface area contributed by atoms with Gasteiger partial charge in [0.05, 0.1) is 11.4 Å². The Morgan fingerprint density at radius 3 is 2.52 bits per heavy atom. The molecule has 0 saturated carbocycles. The van der Waals surface area contributed by atoms with Gasteiger partial charge in [-0.15, -0.1) is 11.8 Å². The number of benzene rings is 2. The molecule has 1 saturated heterocycles. The number of nitrogens with one attached hydrogen (secondary N) is 1. The van der Waals surface area contributed by atoms with E-state index in [1.165, 1.54) is 16.7 Å². The normalized spacial score (nSPS) is 16.0. The maximum absolute atomic E-state index is 12.7. The van der Waals surface area contributed by atoms with Gasteiger partial charge in [-0.25, -0.2) is 0 Å². The first-order chi connectivity index (χ1) is 14.0. The van der Waals surface area contributed by atoms with E-state index in [9.17, 15) is 14.4 Å². The topological polar surface area (TPSA) is 69.7 Å². The summed E-state index contributed by atoms with van der Waals surface area (Å²) in [6, 6.07) is 12.2. The van der Waals surface area contributed by atoms with Crippen LogP contribution in [0.3, 0.4) is 0 Å². The van der Waals surface area contributed by atoms with Crippen LogP contribution in [-0.2, 0) is 9.59 Å². The predicted molar refractivity (Wildman–Crippen MR) is 115 cm³/mol. The first-order valence-corrected chi connectivity index (χ1v) is 10.8. The van der Waals surface area contributed by atoms with Gasteiger partial charge in [0.15, 0.2) is 0 Å². The number of rotatable bonds is 4. The minimum atomic E-state index is -0.310. The molecule has 0 spiro atoms. The number of likely N-dealkylation sites (tertiary alicyclic amines) is 1. The average Bonchev–Trinajstić information content (AvgIpc) is 3.26. The number of carbonyl (C=O) groups excluding carboxylic acids is 3. The maximum atomic E-state index is 12.7. The molecule has 1 fully saturated rings. The molecule has 6 nitrogen and oxygen atoms in total. The second-order valence-corrected chi connectivity index (χ2v) is 8.46. The van der Waals surface area contributed by atoms with Crippen molar-refractivity contribution in [2.24, 2.45) is 0 Å². The molecule has 29 heavy (non-hydrogen) atoms. The molecule has 0 bridgehead atoms. The van der Waals surface area contributed by atoms with Crippen molar-refractivity contribution in [1.82, 2.24) is 4.90 Å². The second-order valence-electron chi connectivity index (χ2n) is 7.01. The molecule has 2 aromatic rings. The summed E-state index contributed by atoms with van der Waals surface area (Å²) < 4.78 is 0. The Morgan fingerprint density at radius 1 is 1.07 bits per heavy atom. The molecule has 150 valence electrons. The number of hydrogen-bond acceptors (Lipinski definition) is 4. The Morgan fingerprint density at radius 2 is 1.79 bits per heavy atom. The molecule has 0 aromatic heterocycles. The van der Waals surface area contributed by atoms with E-state index < -0.39 is 0 Å². The lowest BCUT2D eigenvalue weighted by Crippen LogP contribution is -2.41. The first-order valence-electron chi connectivity index (χ1n) is 9.43. The van der Waals surface area contributed by atoms with Crippen LogP contribution < -0.4 is 10.2 Å². The van der Waals surface area contributed by atoms with Crippen molar-refractivity contribution in [1.29, 1.82) is 0 Å². The Hall–Kier alpha value is -2.51. The van der Waals surface area contributed by atoms with Crippen molar-refractivity contribution >= 4 is 52.5 Å². The zero-order chi connectivity index (χ0) is 20.4. The Bertz CT molecular complexity index is 958. The van der Waals surface area contributed by atoms with E-state index in [1.54, 1.807) is 36.4 Å². The summed E-state index contributed by atoms with van der Waals surface area (Å²) in [5.74, 6) is -0.228. The van der Waals surface area contributed by atoms with Crippen LogP contribution in [0.15, 0.2) is 47.4 Å². The van der Waals surface area contributed by atoms with Crippen molar-refractivity contribution in [2.75, 3.05) is 35.6 Å². The fourth-order valence-corrected chi connectivity index (χ4v) is 4.53. The van der Waals surface area contributed by atoms with Crippen molar-refractivity contribution < 1.29 is 14.4 Å². The van der Waals surface area contributed by atoms with Gasteiger partial charge >= 0.3 is 0 Å². The quantitative estimate of drug-likeness (QED) is 0.805. The van der Waals surface area contributed by atoms with Crippen LogP contribution >= 0.6 is 23.4 Å². The van der Waals surface area contributed by atoms with Crippen molar-refractivity contribution in [3.63, 3.8) is 0 Å². The van der Waals surface area contributed by atoms with Crippen LogP contribution in [0.2, 0.25) is 5.02 Å². The maximum Gasteiger partial charge on any atom is 0.253 e. The van der Waals surface area contributed by atoms with Crippen molar-refractivity contribution in [2.45, 2.75) is 17.7 Å². The first kappa shape index (κ1) is 19.8. The Labute approximate surface area is 178 Å². The number of thioether (sulfide) groups is 1. The van der Waals surface area contributed by atoms with Gasteiger partial charge in [-0.2, -0.15) is 0 Å². The third kappa shape index (κ3) is 4.41. The average molecular weight is 430 g/mol. The van der Waals surface area contributed by atoms with E-state index in [0.717, 1.165) is 30.8 Å². The summed E-state index contributed by atoms with van der Waals surface area (Å²) in [4.78, 5) is 42.0. The smallest absolute Gasteiger partial charge is 0.253 e. The SMILES string of the molecule is O=C(CN1C(=O)CSc2ccc(C(=O)N3CCCC3)cc21)Nc1ccc(Cl)cc1. The van der Waals surface area contributed by atoms with E-state index in [2.05, 4.69) is 5.32 Å². The van der Waals surface area contributed by atoms with Crippen molar-refractivity contribution in [3.05, 3.63) is 53.1 Å². The molecule has 0 atom stereocenters. The molecule has 2 aliphatic heterocycles. The fourth-order valence-electron chi connectivity index (χ4n) is 3.49. The van der Waals surface area contributed by atoms with Gasteiger partial charge in [0.25, 0.3) is 5.91 Å². The largest absolute Gasteiger partial charge is 0.339 e. The molecule has 8 heteroatoms. The van der Waals surface area contributed by atoms with Crippen LogP contribution in [0.1, 0.15) is 23.2 Å². The van der Waals surface area contributed by atoms with Gasteiger partial charge in [0.1, 0.15) is 6.54 Å². The molecule has 2 aliphatic rings. The molecule has 3 amide bonds. The highest BCUT2D eigenvalue weighted by atomic mass is 35.5. The number of anilines is 2. The van der Waals surface area contributed by atoms with Gasteiger partial charge in [-0.3, -0.25) is 14.4 Å². The molecule has 2 heterocycles. The summed E-state index contributed by atoms with van der Waals surface area (Å²) in [5.41, 5.74) is 1.77. The third-order valence-electron chi connectivity index (χ3n) is 4.97. The van der Waals surface area contributed by atoms with Crippen LogP contribution in [0.5, 0.6) is 0 Å². The zero-order valence-electron chi connectivity index (χ0n) is 15.7. The lowest BCUT2D eigenvalue weighted by atomic mass is 10.1. The summed E-state index contributed by atoms with van der Waals surface area (Å²) in [5, 5.41) is 3.36. The number of carbonyl (C=O) groups is 3. The summed E-state index contributed by atoms with van der Waals surface area (Å²) in [6.07, 6.45) is 2.03. The van der Waals surface area contributed by atoms with Crippen LogP contribution in [-0.4, -0.2) is 48.0 Å². The van der Waals surface area contributed by atoms with Gasteiger partial charge in [-0.05, 0) is 55.3 Å². The van der Waals surface area contributed by atoms with E-state index in [4.69, 9.17) is 11.6 Å². The van der Waals surface area contributed by atoms with E-state index >= 15 is 0 Å². The van der Waals surface area contributed by atoms with Gasteiger partial charge in [0.2, 0.25) is 11.8 Å². The highest BCUT2D eigenvalue weighted by molar-refractivity contribution is 8.00. The predicted octanol–water partition coefficient (Wildman–Crippen LogP) is 3.65. The minimum Gasteiger partial charge on any atom is -0.339 e. The molecule has 4 rings (SSSR count). The lowest BCUT2D eigenvalue weighted by Gasteiger charge is -2.29. The molecular formula is C21H20ClN3O3S. The molecule has 0 unspecified atom stereocenters. The van der Waals surface area contributed by atoms with E-state index in [1.807, 2.05) is 11.0 Å². The Balaban J connectivity index is 1.54. The highest BCUT2D eigenvalue weighted by Gasteiger charge is 2.28. The summed E-state index contributed by atoms with van der Waals surface area (Å²) in [6.45, 7) is 1.41. The lowest BCUT2D eigenvalue weighted by molar-refractivity contribution is -0.120. The third-order valence-corrected chi connectivity index (χ3v) is 6.27. The van der Waals surface area contributed by atoms with Crippen LogP contribution in [0.25, 0.3) is 0 Å². The molecule has 2 aromatic carbocycles. The van der Waals surface area contributed by atoms with Crippen molar-refractivity contribution in [3.8, 4) is 0 Å². The minimum absolute atomic E-state index is 0.0288. The van der Waals surface area contributed by atoms with Gasteiger partial charge < -0.3 is 15.1 Å². The van der Waals surface area contributed by atoms with Gasteiger partial charge in [0, 0.05) is 34.3 Å². The monoisotopic (exact) mass is 429 g/mol. The molecule has 0 radical (unpaired) electrons. The zero-order valence-corrected chi connectivity index (χ0v) is 17.3. The molecule has 0 aliphatic carbocycles.